The fourth-order valence-electron chi connectivity index (χ4n) is 1.06. The highest BCUT2D eigenvalue weighted by atomic mass is 16.1. The number of hydrogen-bond acceptors (Lipinski definition) is 3. The molecule has 0 fully saturated rings. The van der Waals surface area contributed by atoms with Crippen molar-refractivity contribution in [1.82, 2.24) is 10.3 Å². The molecule has 4 nitrogen and oxygen atoms in total. The van der Waals surface area contributed by atoms with Crippen LogP contribution in [0.4, 0.5) is 5.69 Å². The summed E-state index contributed by atoms with van der Waals surface area (Å²) in [6.07, 6.45) is 1.64. The van der Waals surface area contributed by atoms with E-state index in [1.807, 2.05) is 13.1 Å². The second-order valence-electron chi connectivity index (χ2n) is 3.79. The summed E-state index contributed by atoms with van der Waals surface area (Å²) >= 11 is 0. The van der Waals surface area contributed by atoms with Gasteiger partial charge in [-0.2, -0.15) is 0 Å². The lowest BCUT2D eigenvalue weighted by molar-refractivity contribution is 0.0944. The highest BCUT2D eigenvalue weighted by molar-refractivity contribution is 5.92. The maximum Gasteiger partial charge on any atom is 0.269 e. The Morgan fingerprint density at radius 3 is 2.67 bits per heavy atom. The molecule has 1 heterocycles. The van der Waals surface area contributed by atoms with E-state index in [4.69, 9.17) is 0 Å². The fourth-order valence-corrected chi connectivity index (χ4v) is 1.06. The molecular formula is C11H17N3O. The lowest BCUT2D eigenvalue weighted by Crippen LogP contribution is -2.27. The zero-order chi connectivity index (χ0) is 11.3. The van der Waals surface area contributed by atoms with E-state index in [2.05, 4.69) is 29.5 Å². The molecule has 0 saturated heterocycles. The summed E-state index contributed by atoms with van der Waals surface area (Å²) in [7, 11) is 1.82. The van der Waals surface area contributed by atoms with Crippen molar-refractivity contribution < 1.29 is 4.79 Å². The molecule has 0 spiro atoms. The minimum atomic E-state index is -0.119. The molecule has 15 heavy (non-hydrogen) atoms. The predicted octanol–water partition coefficient (Wildman–Crippen LogP) is 1.51. The van der Waals surface area contributed by atoms with E-state index >= 15 is 0 Å². The molecule has 1 amide bonds. The van der Waals surface area contributed by atoms with Gasteiger partial charge in [-0.15, -0.1) is 0 Å². The smallest absolute Gasteiger partial charge is 0.269 e. The first kappa shape index (κ1) is 11.5. The second-order valence-corrected chi connectivity index (χ2v) is 3.79. The number of hydrogen-bond donors (Lipinski definition) is 2. The Morgan fingerprint density at radius 2 is 2.20 bits per heavy atom. The van der Waals surface area contributed by atoms with Crippen LogP contribution < -0.4 is 10.6 Å². The first-order valence-electron chi connectivity index (χ1n) is 5.05. The van der Waals surface area contributed by atoms with Crippen molar-refractivity contribution in [3.8, 4) is 0 Å². The van der Waals surface area contributed by atoms with Crippen LogP contribution in [-0.2, 0) is 0 Å². The molecule has 0 bridgehead atoms. The van der Waals surface area contributed by atoms with Crippen LogP contribution in [0.2, 0.25) is 0 Å². The molecule has 0 unspecified atom stereocenters. The minimum Gasteiger partial charge on any atom is -0.387 e. The van der Waals surface area contributed by atoms with Gasteiger partial charge in [0.15, 0.2) is 0 Å². The second kappa shape index (κ2) is 5.34. The molecule has 4 heteroatoms. The summed E-state index contributed by atoms with van der Waals surface area (Å²) in [6.45, 7) is 4.78. The minimum absolute atomic E-state index is 0.119. The predicted molar refractivity (Wildman–Crippen MR) is 61.0 cm³/mol. The van der Waals surface area contributed by atoms with Gasteiger partial charge in [0.2, 0.25) is 0 Å². The van der Waals surface area contributed by atoms with Crippen LogP contribution in [0.15, 0.2) is 18.3 Å². The summed E-state index contributed by atoms with van der Waals surface area (Å²) in [5.41, 5.74) is 1.35. The van der Waals surface area contributed by atoms with Gasteiger partial charge >= 0.3 is 0 Å². The Bertz CT molecular complexity index is 319. The molecule has 0 aliphatic carbocycles. The fraction of sp³-hybridized carbons (Fsp3) is 0.455. The van der Waals surface area contributed by atoms with Crippen molar-refractivity contribution in [2.75, 3.05) is 18.9 Å². The first-order valence-corrected chi connectivity index (χ1v) is 5.05. The van der Waals surface area contributed by atoms with Crippen molar-refractivity contribution in [2.24, 2.45) is 5.92 Å². The number of nitrogens with zero attached hydrogens (tertiary/aromatic N) is 1. The van der Waals surface area contributed by atoms with E-state index in [1.165, 1.54) is 0 Å². The topological polar surface area (TPSA) is 54.0 Å². The normalized spacial score (nSPS) is 10.1. The van der Waals surface area contributed by atoms with E-state index in [9.17, 15) is 4.79 Å². The average molecular weight is 207 g/mol. The lowest BCUT2D eigenvalue weighted by atomic mass is 10.2. The molecule has 0 radical (unpaired) electrons. The van der Waals surface area contributed by atoms with E-state index in [1.54, 1.807) is 12.3 Å². The van der Waals surface area contributed by atoms with Gasteiger partial charge < -0.3 is 10.6 Å². The van der Waals surface area contributed by atoms with Gasteiger partial charge in [0.25, 0.3) is 5.91 Å². The van der Waals surface area contributed by atoms with Crippen molar-refractivity contribution in [1.29, 1.82) is 0 Å². The first-order chi connectivity index (χ1) is 7.13. The van der Waals surface area contributed by atoms with Crippen LogP contribution in [0, 0.1) is 5.92 Å². The molecule has 82 valence electrons. The zero-order valence-corrected chi connectivity index (χ0v) is 9.37. The molecule has 0 atom stereocenters. The third-order valence-corrected chi connectivity index (χ3v) is 1.96. The molecule has 0 saturated carbocycles. The van der Waals surface area contributed by atoms with Crippen LogP contribution >= 0.6 is 0 Å². The van der Waals surface area contributed by atoms with Gasteiger partial charge in [0, 0.05) is 13.6 Å². The lowest BCUT2D eigenvalue weighted by Gasteiger charge is -2.07. The van der Waals surface area contributed by atoms with Gasteiger partial charge in [-0.3, -0.25) is 4.79 Å². The Balaban J connectivity index is 2.58. The SMILES string of the molecule is CNc1ccc(C(=O)NCC(C)C)nc1. The third kappa shape index (κ3) is 3.58. The number of nitrogens with one attached hydrogen (secondary N) is 2. The summed E-state index contributed by atoms with van der Waals surface area (Å²) < 4.78 is 0. The van der Waals surface area contributed by atoms with Crippen LogP contribution in [0.5, 0.6) is 0 Å². The van der Waals surface area contributed by atoms with Crippen molar-refractivity contribution in [3.63, 3.8) is 0 Å². The number of carbonyl (C=O) groups excluding carboxylic acids is 1. The van der Waals surface area contributed by atoms with Gasteiger partial charge in [0.05, 0.1) is 11.9 Å². The van der Waals surface area contributed by atoms with Crippen LogP contribution in [0.25, 0.3) is 0 Å². The number of aromatic nitrogens is 1. The molecule has 0 aliphatic heterocycles. The quantitative estimate of drug-likeness (QED) is 0.786. The number of carbonyl (C=O) groups is 1. The number of rotatable bonds is 4. The van der Waals surface area contributed by atoms with Gasteiger partial charge in [-0.05, 0) is 18.1 Å². The third-order valence-electron chi connectivity index (χ3n) is 1.96. The van der Waals surface area contributed by atoms with Crippen molar-refractivity contribution >= 4 is 11.6 Å². The van der Waals surface area contributed by atoms with Gasteiger partial charge in [-0.25, -0.2) is 4.98 Å². The standard InChI is InChI=1S/C11H17N3O/c1-8(2)6-14-11(15)10-5-4-9(12-3)7-13-10/h4-5,7-8,12H,6H2,1-3H3,(H,14,15). The summed E-state index contributed by atoms with van der Waals surface area (Å²) in [6, 6.07) is 3.54. The molecule has 2 N–H and O–H groups in total. The highest BCUT2D eigenvalue weighted by Gasteiger charge is 2.06. The van der Waals surface area contributed by atoms with Crippen LogP contribution in [0.1, 0.15) is 24.3 Å². The van der Waals surface area contributed by atoms with E-state index < -0.39 is 0 Å². The maximum absolute atomic E-state index is 11.6. The van der Waals surface area contributed by atoms with E-state index in [0.29, 0.717) is 18.2 Å². The molecule has 0 aromatic carbocycles. The van der Waals surface area contributed by atoms with Crippen molar-refractivity contribution in [2.45, 2.75) is 13.8 Å². The van der Waals surface area contributed by atoms with Crippen LogP contribution in [-0.4, -0.2) is 24.5 Å². The average Bonchev–Trinajstić information content (AvgIpc) is 2.26. The van der Waals surface area contributed by atoms with Gasteiger partial charge in [-0.1, -0.05) is 13.8 Å². The molecule has 1 aromatic heterocycles. The summed E-state index contributed by atoms with van der Waals surface area (Å²) in [5, 5.41) is 5.76. The Hall–Kier alpha value is -1.58. The molecule has 0 aliphatic rings. The largest absolute Gasteiger partial charge is 0.387 e. The molecular weight excluding hydrogens is 190 g/mol. The monoisotopic (exact) mass is 207 g/mol. The Kier molecular flexibility index (Phi) is 4.09. The van der Waals surface area contributed by atoms with Crippen molar-refractivity contribution in [3.05, 3.63) is 24.0 Å². The van der Waals surface area contributed by atoms with E-state index in [-0.39, 0.29) is 5.91 Å². The van der Waals surface area contributed by atoms with E-state index in [0.717, 1.165) is 5.69 Å². The summed E-state index contributed by atoms with van der Waals surface area (Å²) in [5.74, 6) is 0.330. The number of amides is 1. The Morgan fingerprint density at radius 1 is 1.47 bits per heavy atom. The molecule has 1 rings (SSSR count). The summed E-state index contributed by atoms with van der Waals surface area (Å²) in [4.78, 5) is 15.6. The Labute approximate surface area is 90.1 Å². The van der Waals surface area contributed by atoms with Gasteiger partial charge in [0.1, 0.15) is 5.69 Å². The number of pyridine rings is 1. The van der Waals surface area contributed by atoms with Crippen LogP contribution in [0.3, 0.4) is 0 Å². The zero-order valence-electron chi connectivity index (χ0n) is 9.37. The molecule has 1 aromatic rings. The highest BCUT2D eigenvalue weighted by Crippen LogP contribution is 2.04. The maximum atomic E-state index is 11.6. The number of anilines is 1.